The van der Waals surface area contributed by atoms with Crippen molar-refractivity contribution in [2.24, 2.45) is 0 Å². The predicted molar refractivity (Wildman–Crippen MR) is 80.9 cm³/mol. The number of rotatable bonds is 8. The lowest BCUT2D eigenvalue weighted by atomic mass is 10.1. The molecule has 0 heterocycles. The number of amides is 1. The lowest BCUT2D eigenvalue weighted by Crippen LogP contribution is -2.33. The van der Waals surface area contributed by atoms with Crippen LogP contribution in [0.2, 0.25) is 0 Å². The van der Waals surface area contributed by atoms with Gasteiger partial charge in [-0.1, -0.05) is 50.8 Å². The lowest BCUT2D eigenvalue weighted by molar-refractivity contribution is -0.121. The van der Waals surface area contributed by atoms with Gasteiger partial charge in [0.15, 0.2) is 0 Å². The first-order chi connectivity index (χ1) is 9.13. The van der Waals surface area contributed by atoms with Crippen LogP contribution >= 0.6 is 0 Å². The van der Waals surface area contributed by atoms with Gasteiger partial charge in [0, 0.05) is 11.7 Å². The highest BCUT2D eigenvalue weighted by Crippen LogP contribution is 2.11. The average molecular weight is 262 g/mol. The second-order valence-electron chi connectivity index (χ2n) is 5.19. The summed E-state index contributed by atoms with van der Waals surface area (Å²) in [5.74, 6) is 0.0564. The van der Waals surface area contributed by atoms with Crippen molar-refractivity contribution in [2.75, 3.05) is 5.73 Å². The molecule has 0 saturated heterocycles. The van der Waals surface area contributed by atoms with Gasteiger partial charge in [-0.25, -0.2) is 0 Å². The maximum absolute atomic E-state index is 11.9. The highest BCUT2D eigenvalue weighted by Gasteiger charge is 2.09. The number of benzene rings is 1. The minimum absolute atomic E-state index is 0.0564. The van der Waals surface area contributed by atoms with Crippen molar-refractivity contribution >= 4 is 11.6 Å². The molecule has 0 aliphatic carbocycles. The van der Waals surface area contributed by atoms with Crippen molar-refractivity contribution in [3.8, 4) is 0 Å². The fourth-order valence-electron chi connectivity index (χ4n) is 2.14. The molecule has 0 aliphatic heterocycles. The van der Waals surface area contributed by atoms with Crippen molar-refractivity contribution in [3.05, 3.63) is 29.8 Å². The van der Waals surface area contributed by atoms with Crippen LogP contribution in [0, 0.1) is 0 Å². The summed E-state index contributed by atoms with van der Waals surface area (Å²) in [6.45, 7) is 4.27. The molecule has 1 unspecified atom stereocenters. The molecule has 3 N–H and O–H groups in total. The molecule has 3 heteroatoms. The lowest BCUT2D eigenvalue weighted by Gasteiger charge is -2.14. The maximum atomic E-state index is 11.9. The number of carbonyl (C=O) groups is 1. The van der Waals surface area contributed by atoms with Crippen LogP contribution in [0.15, 0.2) is 24.3 Å². The number of nitrogens with two attached hydrogens (primary N) is 1. The number of nitrogen functional groups attached to an aromatic ring is 1. The zero-order valence-electron chi connectivity index (χ0n) is 12.1. The van der Waals surface area contributed by atoms with Crippen LogP contribution in [0.3, 0.4) is 0 Å². The van der Waals surface area contributed by atoms with Gasteiger partial charge >= 0.3 is 0 Å². The van der Waals surface area contributed by atoms with Crippen molar-refractivity contribution in [1.29, 1.82) is 0 Å². The van der Waals surface area contributed by atoms with E-state index in [1.54, 1.807) is 0 Å². The Kier molecular flexibility index (Phi) is 7.01. The number of nitrogens with one attached hydrogen (secondary N) is 1. The van der Waals surface area contributed by atoms with Gasteiger partial charge in [-0.3, -0.25) is 4.79 Å². The van der Waals surface area contributed by atoms with E-state index in [2.05, 4.69) is 19.2 Å². The minimum Gasteiger partial charge on any atom is -0.398 e. The molecule has 0 radical (unpaired) electrons. The molecule has 0 bridgehead atoms. The minimum atomic E-state index is 0.0564. The Morgan fingerprint density at radius 3 is 2.68 bits per heavy atom. The molecule has 19 heavy (non-hydrogen) atoms. The van der Waals surface area contributed by atoms with Gasteiger partial charge < -0.3 is 11.1 Å². The van der Waals surface area contributed by atoms with E-state index in [4.69, 9.17) is 5.73 Å². The first-order valence-corrected chi connectivity index (χ1v) is 7.26. The quantitative estimate of drug-likeness (QED) is 0.558. The summed E-state index contributed by atoms with van der Waals surface area (Å²) in [4.78, 5) is 11.9. The molecular formula is C16H26N2O. The van der Waals surface area contributed by atoms with Crippen LogP contribution in [0.1, 0.15) is 51.5 Å². The van der Waals surface area contributed by atoms with E-state index in [0.717, 1.165) is 12.0 Å². The van der Waals surface area contributed by atoms with Crippen LogP contribution in [0.4, 0.5) is 5.69 Å². The van der Waals surface area contributed by atoms with Crippen LogP contribution in [0.5, 0.6) is 0 Å². The molecule has 0 aliphatic rings. The van der Waals surface area contributed by atoms with Crippen LogP contribution in [-0.4, -0.2) is 11.9 Å². The van der Waals surface area contributed by atoms with E-state index < -0.39 is 0 Å². The van der Waals surface area contributed by atoms with E-state index in [-0.39, 0.29) is 11.9 Å². The third kappa shape index (κ3) is 6.27. The summed E-state index contributed by atoms with van der Waals surface area (Å²) in [5.41, 5.74) is 7.42. The Hall–Kier alpha value is -1.51. The first-order valence-electron chi connectivity index (χ1n) is 7.26. The fraction of sp³-hybridized carbons (Fsp3) is 0.562. The third-order valence-corrected chi connectivity index (χ3v) is 3.30. The molecule has 1 aromatic rings. The van der Waals surface area contributed by atoms with Gasteiger partial charge in [-0.2, -0.15) is 0 Å². The molecule has 3 nitrogen and oxygen atoms in total. The molecule has 1 rings (SSSR count). The Morgan fingerprint density at radius 2 is 2.00 bits per heavy atom. The second kappa shape index (κ2) is 8.57. The Bertz CT molecular complexity index is 390. The number of anilines is 1. The molecule has 0 aromatic heterocycles. The number of hydrogen-bond donors (Lipinski definition) is 2. The van der Waals surface area contributed by atoms with Crippen LogP contribution in [-0.2, 0) is 11.2 Å². The molecule has 106 valence electrons. The topological polar surface area (TPSA) is 55.1 Å². The second-order valence-corrected chi connectivity index (χ2v) is 5.19. The highest BCUT2D eigenvalue weighted by atomic mass is 16.1. The van der Waals surface area contributed by atoms with E-state index in [9.17, 15) is 4.79 Å². The van der Waals surface area contributed by atoms with Crippen LogP contribution in [0.25, 0.3) is 0 Å². The van der Waals surface area contributed by atoms with E-state index in [1.165, 1.54) is 25.7 Å². The summed E-state index contributed by atoms with van der Waals surface area (Å²) in [6.07, 6.45) is 6.38. The molecule has 0 spiro atoms. The molecule has 0 fully saturated rings. The fourth-order valence-corrected chi connectivity index (χ4v) is 2.14. The standard InChI is InChI=1S/C16H26N2O/c1-3-4-5-6-9-13(2)18-16(19)12-14-10-7-8-11-15(14)17/h7-8,10-11,13H,3-6,9,12,17H2,1-2H3,(H,18,19). The van der Waals surface area contributed by atoms with Gasteiger partial charge in [-0.05, 0) is 25.0 Å². The van der Waals surface area contributed by atoms with Gasteiger partial charge in [0.2, 0.25) is 5.91 Å². The van der Waals surface area contributed by atoms with Gasteiger partial charge in [0.25, 0.3) is 0 Å². The average Bonchev–Trinajstić information content (AvgIpc) is 2.37. The van der Waals surface area contributed by atoms with Crippen LogP contribution < -0.4 is 11.1 Å². The maximum Gasteiger partial charge on any atom is 0.224 e. The van der Waals surface area contributed by atoms with Crippen molar-refractivity contribution in [3.63, 3.8) is 0 Å². The first kappa shape index (κ1) is 15.5. The predicted octanol–water partition coefficient (Wildman–Crippen LogP) is 3.29. The van der Waals surface area contributed by atoms with E-state index in [1.807, 2.05) is 24.3 Å². The van der Waals surface area contributed by atoms with Gasteiger partial charge in [0.05, 0.1) is 6.42 Å². The molecular weight excluding hydrogens is 236 g/mol. The molecule has 1 atom stereocenters. The normalized spacial score (nSPS) is 12.1. The zero-order valence-corrected chi connectivity index (χ0v) is 12.1. The van der Waals surface area contributed by atoms with E-state index >= 15 is 0 Å². The SMILES string of the molecule is CCCCCCC(C)NC(=O)Cc1ccccc1N. The molecule has 1 amide bonds. The molecule has 0 saturated carbocycles. The monoisotopic (exact) mass is 262 g/mol. The zero-order chi connectivity index (χ0) is 14.1. The summed E-state index contributed by atoms with van der Waals surface area (Å²) in [7, 11) is 0. The summed E-state index contributed by atoms with van der Waals surface area (Å²) in [5, 5.41) is 3.04. The Labute approximate surface area is 116 Å². The van der Waals surface area contributed by atoms with Crippen molar-refractivity contribution < 1.29 is 4.79 Å². The summed E-state index contributed by atoms with van der Waals surface area (Å²) >= 11 is 0. The smallest absolute Gasteiger partial charge is 0.224 e. The Balaban J connectivity index is 2.29. The van der Waals surface area contributed by atoms with Gasteiger partial charge in [-0.15, -0.1) is 0 Å². The molecule has 1 aromatic carbocycles. The number of carbonyl (C=O) groups excluding carboxylic acids is 1. The Morgan fingerprint density at radius 1 is 1.26 bits per heavy atom. The van der Waals surface area contributed by atoms with Crippen molar-refractivity contribution in [1.82, 2.24) is 5.32 Å². The largest absolute Gasteiger partial charge is 0.398 e. The van der Waals surface area contributed by atoms with Gasteiger partial charge in [0.1, 0.15) is 0 Å². The third-order valence-electron chi connectivity index (χ3n) is 3.30. The number of hydrogen-bond acceptors (Lipinski definition) is 2. The van der Waals surface area contributed by atoms with Crippen molar-refractivity contribution in [2.45, 2.75) is 58.4 Å². The number of unbranched alkanes of at least 4 members (excludes halogenated alkanes) is 3. The summed E-state index contributed by atoms with van der Waals surface area (Å²) in [6, 6.07) is 7.77. The van der Waals surface area contributed by atoms with E-state index in [0.29, 0.717) is 12.1 Å². The summed E-state index contributed by atoms with van der Waals surface area (Å²) < 4.78 is 0. The highest BCUT2D eigenvalue weighted by molar-refractivity contribution is 5.80. The number of para-hydroxylation sites is 1.